The number of methoxy groups -OCH3 is 1. The Morgan fingerprint density at radius 1 is 1.07 bits per heavy atom. The highest BCUT2D eigenvalue weighted by Crippen LogP contribution is 2.30. The molecule has 0 radical (unpaired) electrons. The Hall–Kier alpha value is -2.49. The number of carbonyl (C=O) groups excluding carboxylic acids is 2. The van der Waals surface area contributed by atoms with Crippen LogP contribution in [0, 0.1) is 35.5 Å². The van der Waals surface area contributed by atoms with Gasteiger partial charge in [-0.05, 0) is 92.2 Å². The van der Waals surface area contributed by atoms with Gasteiger partial charge in [-0.3, -0.25) is 14.3 Å². The molecule has 5 N–H and O–H groups in total. The van der Waals surface area contributed by atoms with Gasteiger partial charge in [0.05, 0.1) is 29.4 Å². The molecule has 5 atom stereocenters. The number of aliphatic hydroxyl groups excluding tert-OH is 1. The molecule has 1 aromatic carbocycles. The summed E-state index contributed by atoms with van der Waals surface area (Å²) in [5.74, 6) is 0.471. The molecule has 0 spiro atoms. The number of hydrogen-bond donors (Lipinski definition) is 4. The SMILES string of the molecule is COCCCc1nn(C)c2ccc(CC(C[C@H](NC(=O)[C@@H](N)C(C)C)C(O)CC(C(=O)NCC3CC3)C(C)C)C(C)C)cc12. The molecule has 1 aromatic heterocycles. The predicted octanol–water partition coefficient (Wildman–Crippen LogP) is 4.37. The molecular weight excluding hydrogens is 554 g/mol. The first-order valence-corrected chi connectivity index (χ1v) is 16.8. The minimum atomic E-state index is -0.883. The molecular formula is C35H59N5O4. The van der Waals surface area contributed by atoms with E-state index in [-0.39, 0.29) is 41.9 Å². The van der Waals surface area contributed by atoms with Crippen molar-refractivity contribution < 1.29 is 19.4 Å². The van der Waals surface area contributed by atoms with Crippen LogP contribution < -0.4 is 16.4 Å². The number of fused-ring (bicyclic) bond motifs is 1. The molecule has 9 nitrogen and oxygen atoms in total. The maximum absolute atomic E-state index is 13.2. The van der Waals surface area contributed by atoms with Crippen LogP contribution in [0.1, 0.15) is 84.9 Å². The standard InChI is InChI=1S/C35H59N5O4/c1-21(2)26(16-25-13-14-31-28(17-25)29(39-40(31)7)10-9-15-44-8)18-30(38-35(43)33(36)23(5)6)32(41)19-27(22(3)4)34(42)37-20-24-11-12-24/h13-14,17,21-24,26-27,30,32-33,41H,9-12,15-16,18-20,36H2,1-8H3,(H,37,42)(H,38,43)/t26?,27?,30-,32?,33-/m0/s1. The molecule has 1 saturated carbocycles. The van der Waals surface area contributed by atoms with Crippen molar-refractivity contribution in [2.45, 2.75) is 105 Å². The van der Waals surface area contributed by atoms with Crippen LogP contribution in [0.2, 0.25) is 0 Å². The zero-order valence-corrected chi connectivity index (χ0v) is 28.4. The number of nitrogens with two attached hydrogens (primary N) is 1. The van der Waals surface area contributed by atoms with Crippen LogP contribution in [0.4, 0.5) is 0 Å². The van der Waals surface area contributed by atoms with Crippen LogP contribution >= 0.6 is 0 Å². The highest BCUT2D eigenvalue weighted by Gasteiger charge is 2.34. The number of aliphatic hydroxyl groups is 1. The number of ether oxygens (including phenoxy) is 1. The fraction of sp³-hybridized carbons (Fsp3) is 0.743. The summed E-state index contributed by atoms with van der Waals surface area (Å²) in [6.45, 7) is 13.7. The van der Waals surface area contributed by atoms with E-state index >= 15 is 0 Å². The number of aryl methyl sites for hydroxylation is 2. The number of carbonyl (C=O) groups is 2. The van der Waals surface area contributed by atoms with Gasteiger partial charge in [-0.15, -0.1) is 0 Å². The number of hydrogen-bond acceptors (Lipinski definition) is 6. The molecule has 2 amide bonds. The summed E-state index contributed by atoms with van der Waals surface area (Å²) in [5, 5.41) is 23.8. The highest BCUT2D eigenvalue weighted by atomic mass is 16.5. The topological polar surface area (TPSA) is 132 Å². The van der Waals surface area contributed by atoms with Crippen molar-refractivity contribution >= 4 is 22.7 Å². The molecule has 0 saturated heterocycles. The summed E-state index contributed by atoms with van der Waals surface area (Å²) in [6, 6.07) is 5.35. The average molecular weight is 614 g/mol. The second kappa shape index (κ2) is 16.7. The van der Waals surface area contributed by atoms with Crippen LogP contribution in [0.25, 0.3) is 10.9 Å². The third-order valence-electron chi connectivity index (χ3n) is 9.46. The van der Waals surface area contributed by atoms with Crippen molar-refractivity contribution in [1.29, 1.82) is 0 Å². The summed E-state index contributed by atoms with van der Waals surface area (Å²) in [7, 11) is 3.70. The van der Waals surface area contributed by atoms with Crippen LogP contribution in [0.3, 0.4) is 0 Å². The lowest BCUT2D eigenvalue weighted by Crippen LogP contribution is -2.53. The fourth-order valence-corrected chi connectivity index (χ4v) is 6.00. The molecule has 3 unspecified atom stereocenters. The second-order valence-electron chi connectivity index (χ2n) is 14.2. The maximum Gasteiger partial charge on any atom is 0.237 e. The van der Waals surface area contributed by atoms with Crippen LogP contribution in [-0.4, -0.2) is 65.2 Å². The number of benzene rings is 1. The molecule has 3 rings (SSSR count). The molecule has 1 aliphatic carbocycles. The van der Waals surface area contributed by atoms with Gasteiger partial charge in [-0.25, -0.2) is 0 Å². The van der Waals surface area contributed by atoms with Gasteiger partial charge in [0.1, 0.15) is 0 Å². The van der Waals surface area contributed by atoms with Crippen molar-refractivity contribution in [2.24, 2.45) is 48.3 Å². The molecule has 0 aliphatic heterocycles. The van der Waals surface area contributed by atoms with Gasteiger partial charge >= 0.3 is 0 Å². The lowest BCUT2D eigenvalue weighted by molar-refractivity contribution is -0.128. The summed E-state index contributed by atoms with van der Waals surface area (Å²) in [5.41, 5.74) is 9.61. The van der Waals surface area contributed by atoms with Crippen molar-refractivity contribution in [2.75, 3.05) is 20.3 Å². The normalized spacial score (nSPS) is 17.2. The summed E-state index contributed by atoms with van der Waals surface area (Å²) in [6.07, 6.45) is 4.87. The largest absolute Gasteiger partial charge is 0.391 e. The molecule has 1 fully saturated rings. The Labute approximate surface area is 265 Å². The van der Waals surface area contributed by atoms with E-state index in [4.69, 9.17) is 15.6 Å². The quantitative estimate of drug-likeness (QED) is 0.174. The first kappa shape index (κ1) is 36.0. The van der Waals surface area contributed by atoms with Crippen molar-refractivity contribution in [3.8, 4) is 0 Å². The van der Waals surface area contributed by atoms with E-state index in [1.807, 2.05) is 39.4 Å². The van der Waals surface area contributed by atoms with Gasteiger partial charge < -0.3 is 26.2 Å². The highest BCUT2D eigenvalue weighted by molar-refractivity contribution is 5.83. The first-order chi connectivity index (χ1) is 20.8. The van der Waals surface area contributed by atoms with Gasteiger partial charge in [0, 0.05) is 38.6 Å². The van der Waals surface area contributed by atoms with Gasteiger partial charge in [0.25, 0.3) is 0 Å². The number of nitrogens with one attached hydrogen (secondary N) is 2. The third-order valence-corrected chi connectivity index (χ3v) is 9.46. The molecule has 9 heteroatoms. The average Bonchev–Trinajstić information content (AvgIpc) is 3.75. The van der Waals surface area contributed by atoms with Crippen LogP contribution in [0.5, 0.6) is 0 Å². The molecule has 44 heavy (non-hydrogen) atoms. The van der Waals surface area contributed by atoms with Gasteiger partial charge in [-0.2, -0.15) is 5.10 Å². The Kier molecular flexibility index (Phi) is 13.7. The number of amides is 2. The molecule has 248 valence electrons. The minimum Gasteiger partial charge on any atom is -0.391 e. The zero-order valence-electron chi connectivity index (χ0n) is 28.4. The third kappa shape index (κ3) is 10.3. The Bertz CT molecular complexity index is 1210. The smallest absolute Gasteiger partial charge is 0.237 e. The fourth-order valence-electron chi connectivity index (χ4n) is 6.00. The molecule has 1 aliphatic rings. The van der Waals surface area contributed by atoms with E-state index in [1.54, 1.807) is 7.11 Å². The molecule has 1 heterocycles. The first-order valence-electron chi connectivity index (χ1n) is 16.8. The summed E-state index contributed by atoms with van der Waals surface area (Å²) >= 11 is 0. The lowest BCUT2D eigenvalue weighted by Gasteiger charge is -2.33. The van der Waals surface area contributed by atoms with E-state index in [2.05, 4.69) is 42.7 Å². The predicted molar refractivity (Wildman–Crippen MR) is 177 cm³/mol. The van der Waals surface area contributed by atoms with Crippen molar-refractivity contribution in [3.05, 3.63) is 29.5 Å². The molecule has 2 aromatic rings. The van der Waals surface area contributed by atoms with E-state index in [0.29, 0.717) is 31.4 Å². The zero-order chi connectivity index (χ0) is 32.6. The summed E-state index contributed by atoms with van der Waals surface area (Å²) in [4.78, 5) is 26.3. The van der Waals surface area contributed by atoms with E-state index in [9.17, 15) is 14.7 Å². The lowest BCUT2D eigenvalue weighted by atomic mass is 9.80. The van der Waals surface area contributed by atoms with Crippen LogP contribution in [-0.2, 0) is 34.2 Å². The monoisotopic (exact) mass is 613 g/mol. The van der Waals surface area contributed by atoms with E-state index in [0.717, 1.165) is 35.9 Å². The number of nitrogens with zero attached hydrogens (tertiary/aromatic N) is 2. The second-order valence-corrected chi connectivity index (χ2v) is 14.2. The van der Waals surface area contributed by atoms with Gasteiger partial charge in [-0.1, -0.05) is 47.6 Å². The van der Waals surface area contributed by atoms with Gasteiger partial charge in [0.15, 0.2) is 0 Å². The van der Waals surface area contributed by atoms with Crippen LogP contribution in [0.15, 0.2) is 18.2 Å². The Morgan fingerprint density at radius 2 is 1.77 bits per heavy atom. The number of rotatable bonds is 19. The Morgan fingerprint density at radius 3 is 2.36 bits per heavy atom. The minimum absolute atomic E-state index is 0.0126. The number of aromatic nitrogens is 2. The molecule has 0 bridgehead atoms. The van der Waals surface area contributed by atoms with E-state index < -0.39 is 18.2 Å². The van der Waals surface area contributed by atoms with Gasteiger partial charge in [0.2, 0.25) is 11.8 Å². The summed E-state index contributed by atoms with van der Waals surface area (Å²) < 4.78 is 7.19. The van der Waals surface area contributed by atoms with Crippen molar-refractivity contribution in [1.82, 2.24) is 20.4 Å². The Balaban J connectivity index is 1.82. The maximum atomic E-state index is 13.2. The van der Waals surface area contributed by atoms with E-state index in [1.165, 1.54) is 18.4 Å². The van der Waals surface area contributed by atoms with Crippen molar-refractivity contribution in [3.63, 3.8) is 0 Å².